The third kappa shape index (κ3) is 2.42. The molecule has 1 aromatic carbocycles. The number of carbonyl (C=O) groups excluding carboxylic acids is 2. The van der Waals surface area contributed by atoms with Gasteiger partial charge in [0.15, 0.2) is 0 Å². The van der Waals surface area contributed by atoms with E-state index in [0.717, 1.165) is 5.56 Å². The van der Waals surface area contributed by atoms with Crippen molar-refractivity contribution in [3.63, 3.8) is 0 Å². The molecule has 2 rings (SSSR count). The number of esters is 1. The molecule has 1 heterocycles. The lowest BCUT2D eigenvalue weighted by Crippen LogP contribution is -2.17. The van der Waals surface area contributed by atoms with E-state index in [1.807, 2.05) is 0 Å². The maximum Gasteiger partial charge on any atom is 0.306 e. The fourth-order valence-electron chi connectivity index (χ4n) is 1.89. The van der Waals surface area contributed by atoms with Crippen molar-refractivity contribution >= 4 is 29.2 Å². The van der Waals surface area contributed by atoms with E-state index in [-0.39, 0.29) is 18.3 Å². The monoisotopic (exact) mass is 253 g/mol. The lowest BCUT2D eigenvalue weighted by Gasteiger charge is -2.07. The highest BCUT2D eigenvalue weighted by atomic mass is 35.5. The molecular weight excluding hydrogens is 242 g/mol. The van der Waals surface area contributed by atoms with Gasteiger partial charge in [0.05, 0.1) is 18.9 Å². The number of hydrogen-bond donors (Lipinski definition) is 1. The van der Waals surface area contributed by atoms with Crippen LogP contribution >= 0.6 is 11.6 Å². The molecule has 4 nitrogen and oxygen atoms in total. The molecule has 0 spiro atoms. The highest BCUT2D eigenvalue weighted by Gasteiger charge is 2.32. The molecule has 5 heteroatoms. The van der Waals surface area contributed by atoms with Crippen LogP contribution in [0.5, 0.6) is 0 Å². The van der Waals surface area contributed by atoms with Crippen LogP contribution in [-0.2, 0) is 14.3 Å². The largest absolute Gasteiger partial charge is 0.466 e. The first-order valence-corrected chi connectivity index (χ1v) is 5.75. The predicted octanol–water partition coefficient (Wildman–Crippen LogP) is 2.33. The second kappa shape index (κ2) is 4.75. The first kappa shape index (κ1) is 11.9. The number of ether oxygens (including phenoxy) is 1. The fourth-order valence-corrected chi connectivity index (χ4v) is 2.06. The van der Waals surface area contributed by atoms with E-state index < -0.39 is 5.92 Å². The van der Waals surface area contributed by atoms with Crippen molar-refractivity contribution in [1.29, 1.82) is 0 Å². The molecular formula is C12H12ClNO3. The highest BCUT2D eigenvalue weighted by Crippen LogP contribution is 2.36. The topological polar surface area (TPSA) is 55.4 Å². The van der Waals surface area contributed by atoms with Gasteiger partial charge in [-0.05, 0) is 24.6 Å². The highest BCUT2D eigenvalue weighted by molar-refractivity contribution is 6.31. The lowest BCUT2D eigenvalue weighted by atomic mass is 9.97. The first-order chi connectivity index (χ1) is 8.11. The number of rotatable bonds is 3. The molecule has 1 aliphatic heterocycles. The van der Waals surface area contributed by atoms with Crippen LogP contribution < -0.4 is 5.32 Å². The van der Waals surface area contributed by atoms with Crippen molar-refractivity contribution in [2.75, 3.05) is 11.9 Å². The molecule has 1 aliphatic rings. The molecule has 1 aromatic rings. The second-order valence-corrected chi connectivity index (χ2v) is 4.22. The van der Waals surface area contributed by atoms with Gasteiger partial charge in [0.2, 0.25) is 5.91 Å². The van der Waals surface area contributed by atoms with Gasteiger partial charge in [-0.15, -0.1) is 0 Å². The van der Waals surface area contributed by atoms with Crippen molar-refractivity contribution in [1.82, 2.24) is 0 Å². The number of benzene rings is 1. The summed E-state index contributed by atoms with van der Waals surface area (Å²) >= 11 is 5.83. The van der Waals surface area contributed by atoms with Crippen LogP contribution in [0.3, 0.4) is 0 Å². The number of hydrogen-bond acceptors (Lipinski definition) is 3. The molecule has 0 bridgehead atoms. The molecule has 17 heavy (non-hydrogen) atoms. The van der Waals surface area contributed by atoms with E-state index in [9.17, 15) is 9.59 Å². The fraction of sp³-hybridized carbons (Fsp3) is 0.333. The summed E-state index contributed by atoms with van der Waals surface area (Å²) < 4.78 is 4.85. The average Bonchev–Trinajstić information content (AvgIpc) is 2.55. The summed E-state index contributed by atoms with van der Waals surface area (Å²) in [6.07, 6.45) is 0.0638. The van der Waals surface area contributed by atoms with Crippen LogP contribution in [-0.4, -0.2) is 18.5 Å². The zero-order valence-electron chi connectivity index (χ0n) is 9.33. The standard InChI is InChI=1S/C12H12ClNO3/c1-2-17-11(15)6-9-8-4-3-7(13)5-10(8)14-12(9)16/h3-5,9H,2,6H2,1H3,(H,14,16). The van der Waals surface area contributed by atoms with E-state index >= 15 is 0 Å². The minimum atomic E-state index is -0.471. The SMILES string of the molecule is CCOC(=O)CC1C(=O)Nc2cc(Cl)ccc21. The Morgan fingerprint density at radius 2 is 2.29 bits per heavy atom. The minimum absolute atomic E-state index is 0.0638. The number of nitrogens with one attached hydrogen (secondary N) is 1. The third-order valence-corrected chi connectivity index (χ3v) is 2.88. The van der Waals surface area contributed by atoms with Gasteiger partial charge in [-0.2, -0.15) is 0 Å². The summed E-state index contributed by atoms with van der Waals surface area (Å²) in [5, 5.41) is 3.26. The summed E-state index contributed by atoms with van der Waals surface area (Å²) in [6.45, 7) is 2.06. The molecule has 0 aliphatic carbocycles. The Kier molecular flexibility index (Phi) is 3.33. The number of anilines is 1. The Morgan fingerprint density at radius 1 is 1.53 bits per heavy atom. The predicted molar refractivity (Wildman–Crippen MR) is 64.1 cm³/mol. The molecule has 0 saturated heterocycles. The van der Waals surface area contributed by atoms with Gasteiger partial charge in [-0.1, -0.05) is 17.7 Å². The van der Waals surface area contributed by atoms with Crippen LogP contribution in [0.25, 0.3) is 0 Å². The van der Waals surface area contributed by atoms with Crippen molar-refractivity contribution in [3.8, 4) is 0 Å². The van der Waals surface area contributed by atoms with Gasteiger partial charge in [0.1, 0.15) is 0 Å². The molecule has 0 fully saturated rings. The van der Waals surface area contributed by atoms with Gasteiger partial charge in [-0.3, -0.25) is 9.59 Å². The average molecular weight is 254 g/mol. The van der Waals surface area contributed by atoms with E-state index in [4.69, 9.17) is 16.3 Å². The van der Waals surface area contributed by atoms with Gasteiger partial charge in [0.25, 0.3) is 0 Å². The first-order valence-electron chi connectivity index (χ1n) is 5.37. The maximum absolute atomic E-state index is 11.7. The minimum Gasteiger partial charge on any atom is -0.466 e. The molecule has 1 atom stereocenters. The Morgan fingerprint density at radius 3 is 3.00 bits per heavy atom. The molecule has 90 valence electrons. The van der Waals surface area contributed by atoms with E-state index in [2.05, 4.69) is 5.32 Å². The number of halogens is 1. The van der Waals surface area contributed by atoms with Crippen LogP contribution in [0.4, 0.5) is 5.69 Å². The molecule has 0 radical (unpaired) electrons. The summed E-state index contributed by atoms with van der Waals surface area (Å²) in [6, 6.07) is 5.15. The smallest absolute Gasteiger partial charge is 0.306 e. The molecule has 1 amide bonds. The Hall–Kier alpha value is -1.55. The third-order valence-electron chi connectivity index (χ3n) is 2.64. The molecule has 1 N–H and O–H groups in total. The van der Waals surface area contributed by atoms with Gasteiger partial charge in [0, 0.05) is 10.7 Å². The van der Waals surface area contributed by atoms with Crippen LogP contribution in [0.1, 0.15) is 24.8 Å². The van der Waals surface area contributed by atoms with Gasteiger partial charge < -0.3 is 10.1 Å². The summed E-state index contributed by atoms with van der Waals surface area (Å²) in [4.78, 5) is 23.1. The Balaban J connectivity index is 2.20. The zero-order valence-corrected chi connectivity index (χ0v) is 10.1. The van der Waals surface area contributed by atoms with Crippen molar-refractivity contribution in [3.05, 3.63) is 28.8 Å². The molecule has 1 unspecified atom stereocenters. The lowest BCUT2D eigenvalue weighted by molar-refractivity contribution is -0.144. The number of carbonyl (C=O) groups is 2. The quantitative estimate of drug-likeness (QED) is 0.841. The van der Waals surface area contributed by atoms with Crippen LogP contribution in [0, 0.1) is 0 Å². The normalized spacial score (nSPS) is 17.5. The van der Waals surface area contributed by atoms with E-state index in [1.54, 1.807) is 25.1 Å². The van der Waals surface area contributed by atoms with Gasteiger partial charge >= 0.3 is 5.97 Å². The summed E-state index contributed by atoms with van der Waals surface area (Å²) in [5.41, 5.74) is 1.48. The van der Waals surface area contributed by atoms with Crippen LogP contribution in [0.15, 0.2) is 18.2 Å². The second-order valence-electron chi connectivity index (χ2n) is 3.78. The van der Waals surface area contributed by atoms with Crippen molar-refractivity contribution < 1.29 is 14.3 Å². The summed E-state index contributed by atoms with van der Waals surface area (Å²) in [5.74, 6) is -1.02. The summed E-state index contributed by atoms with van der Waals surface area (Å²) in [7, 11) is 0. The number of amides is 1. The molecule has 0 saturated carbocycles. The zero-order chi connectivity index (χ0) is 12.4. The van der Waals surface area contributed by atoms with E-state index in [0.29, 0.717) is 17.3 Å². The van der Waals surface area contributed by atoms with Gasteiger partial charge in [-0.25, -0.2) is 0 Å². The number of fused-ring (bicyclic) bond motifs is 1. The Bertz CT molecular complexity index is 473. The molecule has 0 aromatic heterocycles. The van der Waals surface area contributed by atoms with Crippen molar-refractivity contribution in [2.24, 2.45) is 0 Å². The van der Waals surface area contributed by atoms with Crippen molar-refractivity contribution in [2.45, 2.75) is 19.3 Å². The maximum atomic E-state index is 11.7. The Labute approximate surface area is 104 Å². The van der Waals surface area contributed by atoms with Crippen LogP contribution in [0.2, 0.25) is 5.02 Å². The van der Waals surface area contributed by atoms with E-state index in [1.165, 1.54) is 0 Å².